The largest absolute Gasteiger partial charge is 0.378 e. The number of hydrogen-bond acceptors (Lipinski definition) is 3. The lowest BCUT2D eigenvalue weighted by molar-refractivity contribution is -0.123. The second kappa shape index (κ2) is 8.51. The van der Waals surface area contributed by atoms with Gasteiger partial charge in [0.15, 0.2) is 0 Å². The third-order valence-corrected chi connectivity index (χ3v) is 4.44. The number of piperidine rings is 1. The summed E-state index contributed by atoms with van der Waals surface area (Å²) < 4.78 is 6.77. The number of ether oxygens (including phenoxy) is 1. The number of nitrogens with one attached hydrogen (secondary N) is 2. The van der Waals surface area contributed by atoms with Crippen molar-refractivity contribution in [2.75, 3.05) is 19.7 Å². The number of benzene rings is 1. The molecule has 5 heteroatoms. The van der Waals surface area contributed by atoms with Crippen molar-refractivity contribution < 1.29 is 9.53 Å². The molecule has 0 unspecified atom stereocenters. The molecule has 2 rings (SSSR count). The molecular weight excluding hydrogens is 332 g/mol. The molecule has 0 saturated carbocycles. The number of carbonyl (C=O) groups excluding carboxylic acids is 1. The van der Waals surface area contributed by atoms with Crippen LogP contribution in [-0.2, 0) is 9.53 Å². The van der Waals surface area contributed by atoms with Crippen LogP contribution >= 0.6 is 15.9 Å². The van der Waals surface area contributed by atoms with E-state index < -0.39 is 0 Å². The predicted octanol–water partition coefficient (Wildman–Crippen LogP) is 2.79. The average Bonchev–Trinajstić information content (AvgIpc) is 2.48. The molecule has 1 atom stereocenters. The van der Waals surface area contributed by atoms with Crippen LogP contribution < -0.4 is 10.6 Å². The lowest BCUT2D eigenvalue weighted by atomic mass is 10.1. The molecule has 1 aliphatic rings. The maximum absolute atomic E-state index is 12.0. The first-order valence-electron chi connectivity index (χ1n) is 7.53. The molecule has 0 spiro atoms. The predicted molar refractivity (Wildman–Crippen MR) is 87.2 cm³/mol. The minimum Gasteiger partial charge on any atom is -0.378 e. The summed E-state index contributed by atoms with van der Waals surface area (Å²) in [6.07, 6.45) is 2.79. The van der Waals surface area contributed by atoms with Crippen LogP contribution in [0.3, 0.4) is 0 Å². The average molecular weight is 355 g/mol. The Morgan fingerprint density at radius 2 is 2.14 bits per heavy atom. The molecule has 1 saturated heterocycles. The summed E-state index contributed by atoms with van der Waals surface area (Å²) in [5.41, 5.74) is 1.09. The van der Waals surface area contributed by atoms with E-state index in [1.165, 1.54) is 0 Å². The van der Waals surface area contributed by atoms with Crippen LogP contribution in [0, 0.1) is 0 Å². The van der Waals surface area contributed by atoms with Crippen molar-refractivity contribution in [3.63, 3.8) is 0 Å². The van der Waals surface area contributed by atoms with Crippen LogP contribution in [0.1, 0.15) is 37.8 Å². The number of hydrogen-bond donors (Lipinski definition) is 2. The van der Waals surface area contributed by atoms with Gasteiger partial charge < -0.3 is 15.4 Å². The highest BCUT2D eigenvalue weighted by Gasteiger charge is 2.15. The van der Waals surface area contributed by atoms with Gasteiger partial charge in [-0.25, -0.2) is 0 Å². The fourth-order valence-corrected chi connectivity index (χ4v) is 3.13. The Morgan fingerprint density at radius 1 is 1.43 bits per heavy atom. The molecule has 116 valence electrons. The normalized spacial score (nSPS) is 17.4. The van der Waals surface area contributed by atoms with Crippen molar-refractivity contribution in [2.45, 2.75) is 38.3 Å². The topological polar surface area (TPSA) is 50.4 Å². The van der Waals surface area contributed by atoms with Gasteiger partial charge in [-0.1, -0.05) is 34.1 Å². The molecule has 1 aromatic carbocycles. The minimum atomic E-state index is -0.00745. The Bertz CT molecular complexity index is 461. The smallest absolute Gasteiger partial charge is 0.222 e. The Morgan fingerprint density at radius 3 is 2.86 bits per heavy atom. The number of halogens is 1. The molecule has 1 aromatic rings. The van der Waals surface area contributed by atoms with Gasteiger partial charge >= 0.3 is 0 Å². The van der Waals surface area contributed by atoms with Gasteiger partial charge in [-0.2, -0.15) is 0 Å². The van der Waals surface area contributed by atoms with Gasteiger partial charge in [0.2, 0.25) is 5.91 Å². The lowest BCUT2D eigenvalue weighted by Gasteiger charge is -2.23. The highest BCUT2D eigenvalue weighted by molar-refractivity contribution is 9.10. The second-order valence-corrected chi connectivity index (χ2v) is 6.24. The molecule has 1 aliphatic heterocycles. The summed E-state index contributed by atoms with van der Waals surface area (Å²) in [4.78, 5) is 12.0. The molecule has 0 radical (unpaired) electrons. The van der Waals surface area contributed by atoms with Gasteiger partial charge in [0, 0.05) is 10.9 Å². The lowest BCUT2D eigenvalue weighted by Crippen LogP contribution is -2.33. The van der Waals surface area contributed by atoms with Gasteiger partial charge in [0.1, 0.15) is 0 Å². The van der Waals surface area contributed by atoms with Crippen LogP contribution in [0.4, 0.5) is 0 Å². The zero-order valence-corrected chi connectivity index (χ0v) is 14.0. The van der Waals surface area contributed by atoms with Crippen molar-refractivity contribution in [3.8, 4) is 0 Å². The van der Waals surface area contributed by atoms with E-state index in [1.807, 2.05) is 31.2 Å². The fraction of sp³-hybridized carbons (Fsp3) is 0.562. The van der Waals surface area contributed by atoms with Gasteiger partial charge in [-0.05, 0) is 44.5 Å². The standard InChI is InChI=1S/C16H23BrN2O2/c1-12(14-4-2-3-5-15(14)17)19-16(20)8-11-21-13-6-9-18-10-7-13/h2-5,12-13,18H,6-11H2,1H3,(H,19,20)/t12-/m1/s1. The van der Waals surface area contributed by atoms with E-state index in [4.69, 9.17) is 4.74 Å². The monoisotopic (exact) mass is 354 g/mol. The first-order valence-corrected chi connectivity index (χ1v) is 8.32. The second-order valence-electron chi connectivity index (χ2n) is 5.38. The van der Waals surface area contributed by atoms with Crippen molar-refractivity contribution in [1.29, 1.82) is 0 Å². The SMILES string of the molecule is C[C@@H](NC(=O)CCOC1CCNCC1)c1ccccc1Br. The van der Waals surface area contributed by atoms with E-state index in [1.54, 1.807) is 0 Å². The Kier molecular flexibility index (Phi) is 6.67. The highest BCUT2D eigenvalue weighted by Crippen LogP contribution is 2.22. The first-order chi connectivity index (χ1) is 10.2. The Balaban J connectivity index is 1.70. The summed E-state index contributed by atoms with van der Waals surface area (Å²) in [7, 11) is 0. The molecule has 21 heavy (non-hydrogen) atoms. The molecule has 2 N–H and O–H groups in total. The van der Waals surface area contributed by atoms with Gasteiger partial charge in [-0.3, -0.25) is 4.79 Å². The van der Waals surface area contributed by atoms with Crippen LogP contribution in [0.25, 0.3) is 0 Å². The minimum absolute atomic E-state index is 0.00745. The molecule has 1 heterocycles. The third kappa shape index (κ3) is 5.41. The molecule has 0 aliphatic carbocycles. The highest BCUT2D eigenvalue weighted by atomic mass is 79.9. The fourth-order valence-electron chi connectivity index (χ4n) is 2.50. The quantitative estimate of drug-likeness (QED) is 0.825. The number of amides is 1. The van der Waals surface area contributed by atoms with Crippen LogP contribution in [0.15, 0.2) is 28.7 Å². The summed E-state index contributed by atoms with van der Waals surface area (Å²) in [5.74, 6) is 0.0344. The third-order valence-electron chi connectivity index (χ3n) is 3.72. The molecule has 0 aromatic heterocycles. The Hall–Kier alpha value is -0.910. The maximum atomic E-state index is 12.0. The zero-order chi connectivity index (χ0) is 15.1. The van der Waals surface area contributed by atoms with E-state index in [-0.39, 0.29) is 11.9 Å². The van der Waals surface area contributed by atoms with Gasteiger partial charge in [0.05, 0.1) is 18.8 Å². The van der Waals surface area contributed by atoms with Gasteiger partial charge in [0.25, 0.3) is 0 Å². The van der Waals surface area contributed by atoms with Crippen molar-refractivity contribution in [3.05, 3.63) is 34.3 Å². The van der Waals surface area contributed by atoms with Crippen LogP contribution in [-0.4, -0.2) is 31.7 Å². The molecule has 0 bridgehead atoms. The van der Waals surface area contributed by atoms with E-state index in [0.29, 0.717) is 19.1 Å². The van der Waals surface area contributed by atoms with E-state index in [2.05, 4.69) is 26.6 Å². The van der Waals surface area contributed by atoms with E-state index >= 15 is 0 Å². The van der Waals surface area contributed by atoms with Crippen LogP contribution in [0.5, 0.6) is 0 Å². The van der Waals surface area contributed by atoms with Crippen LogP contribution in [0.2, 0.25) is 0 Å². The molecule has 4 nitrogen and oxygen atoms in total. The maximum Gasteiger partial charge on any atom is 0.222 e. The molecule has 1 fully saturated rings. The summed E-state index contributed by atoms with van der Waals surface area (Å²) in [6, 6.07) is 7.93. The summed E-state index contributed by atoms with van der Waals surface area (Å²) in [5, 5.41) is 6.31. The van der Waals surface area contributed by atoms with Crippen molar-refractivity contribution in [1.82, 2.24) is 10.6 Å². The molecule has 1 amide bonds. The van der Waals surface area contributed by atoms with E-state index in [9.17, 15) is 4.79 Å². The van der Waals surface area contributed by atoms with Crippen molar-refractivity contribution >= 4 is 21.8 Å². The summed E-state index contributed by atoms with van der Waals surface area (Å²) >= 11 is 3.51. The van der Waals surface area contributed by atoms with Crippen molar-refractivity contribution in [2.24, 2.45) is 0 Å². The van der Waals surface area contributed by atoms with E-state index in [0.717, 1.165) is 36.0 Å². The Labute approximate surface area is 134 Å². The summed E-state index contributed by atoms with van der Waals surface area (Å²) in [6.45, 7) is 4.51. The number of rotatable bonds is 6. The molecular formula is C16H23BrN2O2. The number of carbonyl (C=O) groups is 1. The van der Waals surface area contributed by atoms with Gasteiger partial charge in [-0.15, -0.1) is 0 Å². The zero-order valence-electron chi connectivity index (χ0n) is 12.4. The first kappa shape index (κ1) is 16.5.